The summed E-state index contributed by atoms with van der Waals surface area (Å²) in [4.78, 5) is 12.4. The number of nitrogens with one attached hydrogen (secondary N) is 1. The topological polar surface area (TPSA) is 41.6 Å². The molecule has 1 unspecified atom stereocenters. The molecule has 3 heterocycles. The summed E-state index contributed by atoms with van der Waals surface area (Å²) >= 11 is 0. The maximum atomic E-state index is 4.58. The molecule has 0 bridgehead atoms. The molecule has 0 fully saturated rings. The molecule has 1 N–H and O–H groups in total. The standard InChI is InChI=1S/C19H15N3/c1-2-11-21-17(8-1)19(18-10-5-13-22-18)15-6-3-9-16-14(15)7-4-12-20-16/h1-13,19,22H. The lowest BCUT2D eigenvalue weighted by Gasteiger charge is -2.18. The Hall–Kier alpha value is -2.94. The van der Waals surface area contributed by atoms with Crippen LogP contribution in [0.2, 0.25) is 0 Å². The number of pyridine rings is 2. The van der Waals surface area contributed by atoms with Crippen molar-refractivity contribution in [2.45, 2.75) is 5.92 Å². The van der Waals surface area contributed by atoms with Gasteiger partial charge in [0.2, 0.25) is 0 Å². The number of benzene rings is 1. The normalized spacial score (nSPS) is 12.4. The first-order valence-electron chi connectivity index (χ1n) is 7.31. The Kier molecular flexibility index (Phi) is 3.16. The summed E-state index contributed by atoms with van der Waals surface area (Å²) in [6, 6.07) is 20.5. The van der Waals surface area contributed by atoms with Gasteiger partial charge in [-0.25, -0.2) is 0 Å². The second-order valence-corrected chi connectivity index (χ2v) is 5.23. The van der Waals surface area contributed by atoms with Gasteiger partial charge in [-0.3, -0.25) is 9.97 Å². The van der Waals surface area contributed by atoms with Crippen molar-refractivity contribution in [2.75, 3.05) is 0 Å². The summed E-state index contributed by atoms with van der Waals surface area (Å²) in [6.07, 6.45) is 5.62. The molecule has 0 aliphatic heterocycles. The average Bonchev–Trinajstić information content (AvgIpc) is 3.11. The molecule has 0 saturated heterocycles. The van der Waals surface area contributed by atoms with Crippen LogP contribution in [0.3, 0.4) is 0 Å². The predicted octanol–water partition coefficient (Wildman–Crippen LogP) is 4.14. The zero-order chi connectivity index (χ0) is 14.8. The van der Waals surface area contributed by atoms with E-state index in [1.165, 1.54) is 5.56 Å². The zero-order valence-electron chi connectivity index (χ0n) is 12.0. The van der Waals surface area contributed by atoms with Crippen LogP contribution in [-0.4, -0.2) is 15.0 Å². The van der Waals surface area contributed by atoms with Crippen molar-refractivity contribution in [1.82, 2.24) is 15.0 Å². The van der Waals surface area contributed by atoms with Gasteiger partial charge in [0.1, 0.15) is 0 Å². The number of H-pyrrole nitrogens is 1. The van der Waals surface area contributed by atoms with Crippen molar-refractivity contribution in [3.8, 4) is 0 Å². The molecule has 106 valence electrons. The molecule has 0 aliphatic carbocycles. The third-order valence-corrected chi connectivity index (χ3v) is 3.91. The number of aromatic amines is 1. The van der Waals surface area contributed by atoms with E-state index in [0.717, 1.165) is 22.3 Å². The molecule has 3 aromatic heterocycles. The van der Waals surface area contributed by atoms with E-state index in [1.54, 1.807) is 0 Å². The second kappa shape index (κ2) is 5.45. The Bertz CT molecular complexity index is 878. The van der Waals surface area contributed by atoms with Gasteiger partial charge in [0, 0.05) is 29.7 Å². The van der Waals surface area contributed by atoms with Gasteiger partial charge >= 0.3 is 0 Å². The summed E-state index contributed by atoms with van der Waals surface area (Å²) < 4.78 is 0. The molecule has 0 radical (unpaired) electrons. The first-order valence-corrected chi connectivity index (χ1v) is 7.31. The Morgan fingerprint density at radius 2 is 1.73 bits per heavy atom. The van der Waals surface area contributed by atoms with Crippen molar-refractivity contribution >= 4 is 10.9 Å². The molecule has 0 amide bonds. The first-order chi connectivity index (χ1) is 10.9. The highest BCUT2D eigenvalue weighted by Crippen LogP contribution is 2.33. The minimum Gasteiger partial charge on any atom is -0.364 e. The van der Waals surface area contributed by atoms with Crippen LogP contribution in [0.4, 0.5) is 0 Å². The van der Waals surface area contributed by atoms with E-state index in [0.29, 0.717) is 0 Å². The maximum Gasteiger partial charge on any atom is 0.0705 e. The monoisotopic (exact) mass is 285 g/mol. The fourth-order valence-corrected chi connectivity index (χ4v) is 2.94. The fraction of sp³-hybridized carbons (Fsp3) is 0.0526. The lowest BCUT2D eigenvalue weighted by atomic mass is 9.89. The van der Waals surface area contributed by atoms with Crippen molar-refractivity contribution in [3.63, 3.8) is 0 Å². The number of rotatable bonds is 3. The number of nitrogens with zero attached hydrogens (tertiary/aromatic N) is 2. The van der Waals surface area contributed by atoms with Gasteiger partial charge in [-0.15, -0.1) is 0 Å². The van der Waals surface area contributed by atoms with E-state index in [2.05, 4.69) is 45.3 Å². The van der Waals surface area contributed by atoms with Crippen LogP contribution in [0, 0.1) is 0 Å². The highest BCUT2D eigenvalue weighted by atomic mass is 14.7. The average molecular weight is 285 g/mol. The molecule has 3 nitrogen and oxygen atoms in total. The van der Waals surface area contributed by atoms with Gasteiger partial charge < -0.3 is 4.98 Å². The van der Waals surface area contributed by atoms with Crippen LogP contribution >= 0.6 is 0 Å². The second-order valence-electron chi connectivity index (χ2n) is 5.23. The summed E-state index contributed by atoms with van der Waals surface area (Å²) in [6.45, 7) is 0. The molecule has 0 aliphatic rings. The number of hydrogen-bond donors (Lipinski definition) is 1. The smallest absolute Gasteiger partial charge is 0.0705 e. The molecule has 1 aromatic carbocycles. The van der Waals surface area contributed by atoms with E-state index >= 15 is 0 Å². The van der Waals surface area contributed by atoms with Gasteiger partial charge in [-0.1, -0.05) is 24.3 Å². The molecule has 4 rings (SSSR count). The largest absolute Gasteiger partial charge is 0.364 e. The van der Waals surface area contributed by atoms with E-state index in [1.807, 2.05) is 48.9 Å². The van der Waals surface area contributed by atoms with Gasteiger partial charge in [0.25, 0.3) is 0 Å². The van der Waals surface area contributed by atoms with Crippen LogP contribution in [-0.2, 0) is 0 Å². The summed E-state index contributed by atoms with van der Waals surface area (Å²) in [5.41, 5.74) is 4.38. The molecular formula is C19H15N3. The first kappa shape index (κ1) is 12.8. The molecular weight excluding hydrogens is 270 g/mol. The number of fused-ring (bicyclic) bond motifs is 1. The van der Waals surface area contributed by atoms with Crippen molar-refractivity contribution < 1.29 is 0 Å². The molecule has 3 heteroatoms. The van der Waals surface area contributed by atoms with Crippen molar-refractivity contribution in [2.24, 2.45) is 0 Å². The van der Waals surface area contributed by atoms with Crippen LogP contribution in [0.25, 0.3) is 10.9 Å². The third kappa shape index (κ3) is 2.17. The van der Waals surface area contributed by atoms with Crippen molar-refractivity contribution in [1.29, 1.82) is 0 Å². The summed E-state index contributed by atoms with van der Waals surface area (Å²) in [7, 11) is 0. The minimum absolute atomic E-state index is 0.0732. The fourth-order valence-electron chi connectivity index (χ4n) is 2.94. The molecule has 4 aromatic rings. The highest BCUT2D eigenvalue weighted by Gasteiger charge is 2.20. The number of hydrogen-bond acceptors (Lipinski definition) is 2. The minimum atomic E-state index is 0.0732. The Labute approximate surface area is 128 Å². The van der Waals surface area contributed by atoms with Crippen LogP contribution in [0.15, 0.2) is 79.3 Å². The summed E-state index contributed by atoms with van der Waals surface area (Å²) in [5, 5.41) is 1.16. The SMILES string of the molecule is c1ccc(C(c2ccc[nH]2)c2cccc3ncccc23)nc1. The third-order valence-electron chi connectivity index (χ3n) is 3.91. The Morgan fingerprint density at radius 3 is 2.55 bits per heavy atom. The van der Waals surface area contributed by atoms with E-state index in [-0.39, 0.29) is 5.92 Å². The van der Waals surface area contributed by atoms with Crippen molar-refractivity contribution in [3.05, 3.63) is 96.2 Å². The molecule has 0 saturated carbocycles. The summed E-state index contributed by atoms with van der Waals surface area (Å²) in [5.74, 6) is 0.0732. The molecule has 0 spiro atoms. The van der Waals surface area contributed by atoms with Gasteiger partial charge in [0.05, 0.1) is 17.1 Å². The predicted molar refractivity (Wildman–Crippen MR) is 87.7 cm³/mol. The Balaban J connectivity index is 1.98. The van der Waals surface area contributed by atoms with Gasteiger partial charge in [-0.05, 0) is 42.0 Å². The number of aromatic nitrogens is 3. The zero-order valence-corrected chi connectivity index (χ0v) is 12.0. The van der Waals surface area contributed by atoms with Gasteiger partial charge in [-0.2, -0.15) is 0 Å². The molecule has 22 heavy (non-hydrogen) atoms. The van der Waals surface area contributed by atoms with E-state index in [9.17, 15) is 0 Å². The van der Waals surface area contributed by atoms with Crippen LogP contribution < -0.4 is 0 Å². The van der Waals surface area contributed by atoms with E-state index in [4.69, 9.17) is 0 Å². The van der Waals surface area contributed by atoms with Crippen LogP contribution in [0.5, 0.6) is 0 Å². The Morgan fingerprint density at radius 1 is 0.773 bits per heavy atom. The maximum absolute atomic E-state index is 4.58. The van der Waals surface area contributed by atoms with E-state index < -0.39 is 0 Å². The molecule has 1 atom stereocenters. The highest BCUT2D eigenvalue weighted by molar-refractivity contribution is 5.83. The lowest BCUT2D eigenvalue weighted by Crippen LogP contribution is -2.06. The van der Waals surface area contributed by atoms with Gasteiger partial charge in [0.15, 0.2) is 0 Å². The quantitative estimate of drug-likeness (QED) is 0.614. The van der Waals surface area contributed by atoms with Crippen LogP contribution in [0.1, 0.15) is 22.9 Å². The lowest BCUT2D eigenvalue weighted by molar-refractivity contribution is 0.893.